The molecule has 0 spiro atoms. The molecule has 4 rings (SSSR count). The number of primary amides is 1. The van der Waals surface area contributed by atoms with Crippen molar-refractivity contribution in [3.8, 4) is 0 Å². The molecule has 1 aliphatic carbocycles. The first-order chi connectivity index (χ1) is 17.6. The molecule has 2 fully saturated rings. The van der Waals surface area contributed by atoms with Crippen molar-refractivity contribution in [2.24, 2.45) is 5.73 Å². The van der Waals surface area contributed by atoms with Crippen LogP contribution < -0.4 is 21.7 Å². The van der Waals surface area contributed by atoms with Crippen molar-refractivity contribution in [2.45, 2.75) is 49.9 Å². The van der Waals surface area contributed by atoms with E-state index >= 15 is 0 Å². The number of urea groups is 1. The first-order valence-electron chi connectivity index (χ1n) is 12.2. The second-order valence-electron chi connectivity index (χ2n) is 9.60. The number of alkyl halides is 3. The van der Waals surface area contributed by atoms with Gasteiger partial charge in [0.15, 0.2) is 0 Å². The van der Waals surface area contributed by atoms with Crippen molar-refractivity contribution < 1.29 is 27.6 Å². The topological polar surface area (TPSA) is 117 Å². The summed E-state index contributed by atoms with van der Waals surface area (Å²) in [4.78, 5) is 37.7. The Labute approximate surface area is 212 Å². The Morgan fingerprint density at radius 3 is 2.27 bits per heavy atom. The second-order valence-corrected chi connectivity index (χ2v) is 9.60. The van der Waals surface area contributed by atoms with Crippen LogP contribution in [0.2, 0.25) is 0 Å². The van der Waals surface area contributed by atoms with E-state index < -0.39 is 23.7 Å². The van der Waals surface area contributed by atoms with Crippen LogP contribution in [0.5, 0.6) is 0 Å². The highest BCUT2D eigenvalue weighted by molar-refractivity contribution is 5.96. The van der Waals surface area contributed by atoms with Crippen molar-refractivity contribution in [1.29, 1.82) is 0 Å². The molecule has 11 heteroatoms. The molecule has 1 aliphatic heterocycles. The summed E-state index contributed by atoms with van der Waals surface area (Å²) in [5.74, 6) is -0.633. The van der Waals surface area contributed by atoms with Crippen molar-refractivity contribution in [3.63, 3.8) is 0 Å². The van der Waals surface area contributed by atoms with Crippen LogP contribution in [0, 0.1) is 0 Å². The number of anilines is 1. The molecular formula is C26H30F3N5O3. The van der Waals surface area contributed by atoms with Crippen molar-refractivity contribution in [3.05, 3.63) is 65.2 Å². The molecule has 0 bridgehead atoms. The third-order valence-electron chi connectivity index (χ3n) is 7.00. The standard InChI is InChI=1S/C26H30F3N5O3/c27-26(28,29)19-3-1-2-18(12-19)24(36)31-13-23(35)32-21-14-34(15-21)22-10-6-17(7-11-22)16-4-8-20(9-5-16)33-25(30)37/h1-5,8-9,12,17,21-22H,6-7,10-11,13-15H2,(H,31,36)(H,32,35)(H3,30,33,37)/t17-,22+. The number of hydrogen-bond acceptors (Lipinski definition) is 4. The van der Waals surface area contributed by atoms with E-state index in [9.17, 15) is 27.6 Å². The Kier molecular flexibility index (Phi) is 8.01. The number of amides is 4. The quantitative estimate of drug-likeness (QED) is 0.450. The molecule has 0 unspecified atom stereocenters. The first-order valence-corrected chi connectivity index (χ1v) is 12.2. The monoisotopic (exact) mass is 517 g/mol. The van der Waals surface area contributed by atoms with E-state index in [4.69, 9.17) is 5.73 Å². The first kappa shape index (κ1) is 26.5. The van der Waals surface area contributed by atoms with Crippen LogP contribution >= 0.6 is 0 Å². The van der Waals surface area contributed by atoms with Gasteiger partial charge in [-0.3, -0.25) is 14.5 Å². The molecule has 0 atom stereocenters. The normalized spacial score (nSPS) is 20.5. The van der Waals surface area contributed by atoms with E-state index in [1.165, 1.54) is 11.6 Å². The molecule has 1 saturated carbocycles. The number of carbonyl (C=O) groups is 3. The minimum absolute atomic E-state index is 0.0130. The van der Waals surface area contributed by atoms with Gasteiger partial charge < -0.3 is 21.7 Å². The predicted octanol–water partition coefficient (Wildman–Crippen LogP) is 3.45. The molecule has 0 aromatic heterocycles. The fraction of sp³-hybridized carbons (Fsp3) is 0.423. The third kappa shape index (κ3) is 7.00. The molecule has 2 aromatic carbocycles. The summed E-state index contributed by atoms with van der Waals surface area (Å²) in [6, 6.07) is 11.7. The van der Waals surface area contributed by atoms with Gasteiger partial charge in [-0.2, -0.15) is 13.2 Å². The maximum Gasteiger partial charge on any atom is 0.416 e. The number of nitrogens with one attached hydrogen (secondary N) is 3. The van der Waals surface area contributed by atoms with Crippen LogP contribution in [0.4, 0.5) is 23.7 Å². The van der Waals surface area contributed by atoms with E-state index in [0.717, 1.165) is 57.0 Å². The minimum atomic E-state index is -4.54. The Bertz CT molecular complexity index is 1130. The number of rotatable bonds is 7. The Morgan fingerprint density at radius 1 is 0.973 bits per heavy atom. The fourth-order valence-electron chi connectivity index (χ4n) is 5.04. The lowest BCUT2D eigenvalue weighted by atomic mass is 9.80. The van der Waals surface area contributed by atoms with Gasteiger partial charge in [0.2, 0.25) is 5.91 Å². The third-order valence-corrected chi connectivity index (χ3v) is 7.00. The summed E-state index contributed by atoms with van der Waals surface area (Å²) >= 11 is 0. The van der Waals surface area contributed by atoms with Gasteiger partial charge in [-0.05, 0) is 67.5 Å². The summed E-state index contributed by atoms with van der Waals surface area (Å²) in [6.07, 6.45) is -0.316. The van der Waals surface area contributed by atoms with Crippen LogP contribution in [-0.4, -0.2) is 54.5 Å². The van der Waals surface area contributed by atoms with E-state index in [1.54, 1.807) is 0 Å². The summed E-state index contributed by atoms with van der Waals surface area (Å²) in [5, 5.41) is 7.81. The van der Waals surface area contributed by atoms with Gasteiger partial charge in [0.1, 0.15) is 0 Å². The Morgan fingerprint density at radius 2 is 1.65 bits per heavy atom. The Hall–Kier alpha value is -3.60. The molecule has 1 heterocycles. The number of benzene rings is 2. The molecule has 4 amide bonds. The zero-order valence-corrected chi connectivity index (χ0v) is 20.2. The van der Waals surface area contributed by atoms with Crippen molar-refractivity contribution >= 4 is 23.5 Å². The van der Waals surface area contributed by atoms with Gasteiger partial charge in [0, 0.05) is 30.4 Å². The van der Waals surface area contributed by atoms with Gasteiger partial charge in [0.25, 0.3) is 5.91 Å². The predicted molar refractivity (Wildman–Crippen MR) is 132 cm³/mol. The number of likely N-dealkylation sites (tertiary alicyclic amines) is 1. The van der Waals surface area contributed by atoms with E-state index in [1.807, 2.05) is 24.3 Å². The molecule has 198 valence electrons. The fourth-order valence-corrected chi connectivity index (χ4v) is 5.04. The molecular weight excluding hydrogens is 487 g/mol. The van der Waals surface area contributed by atoms with Crippen LogP contribution in [0.3, 0.4) is 0 Å². The maximum absolute atomic E-state index is 12.8. The number of nitrogens with two attached hydrogens (primary N) is 1. The minimum Gasteiger partial charge on any atom is -0.351 e. The van der Waals surface area contributed by atoms with Gasteiger partial charge in [-0.15, -0.1) is 0 Å². The average Bonchev–Trinajstić information content (AvgIpc) is 2.84. The SMILES string of the molecule is NC(=O)Nc1ccc([C@H]2CC[C@@H](N3CC(NC(=O)CNC(=O)c4cccc(C(F)(F)F)c4)C3)CC2)cc1. The average molecular weight is 518 g/mol. The zero-order valence-electron chi connectivity index (χ0n) is 20.2. The molecule has 8 nitrogen and oxygen atoms in total. The van der Waals surface area contributed by atoms with Crippen LogP contribution in [0.15, 0.2) is 48.5 Å². The van der Waals surface area contributed by atoms with Gasteiger partial charge in [0.05, 0.1) is 18.2 Å². The van der Waals surface area contributed by atoms with Gasteiger partial charge in [-0.25, -0.2) is 4.79 Å². The molecule has 2 aliphatic rings. The van der Waals surface area contributed by atoms with E-state index in [2.05, 4.69) is 20.9 Å². The summed E-state index contributed by atoms with van der Waals surface area (Å²) in [6.45, 7) is 1.16. The molecule has 2 aromatic rings. The molecule has 1 saturated heterocycles. The summed E-state index contributed by atoms with van der Waals surface area (Å²) in [7, 11) is 0. The highest BCUT2D eigenvalue weighted by Crippen LogP contribution is 2.36. The van der Waals surface area contributed by atoms with Crippen LogP contribution in [0.1, 0.15) is 53.1 Å². The second kappa shape index (κ2) is 11.2. The van der Waals surface area contributed by atoms with Gasteiger partial charge in [-0.1, -0.05) is 18.2 Å². The largest absolute Gasteiger partial charge is 0.416 e. The molecule has 37 heavy (non-hydrogen) atoms. The van der Waals surface area contributed by atoms with Crippen LogP contribution in [-0.2, 0) is 11.0 Å². The van der Waals surface area contributed by atoms with Crippen molar-refractivity contribution in [1.82, 2.24) is 15.5 Å². The number of hydrogen-bond donors (Lipinski definition) is 4. The zero-order chi connectivity index (χ0) is 26.6. The highest BCUT2D eigenvalue weighted by Gasteiger charge is 2.35. The van der Waals surface area contributed by atoms with E-state index in [-0.39, 0.29) is 24.1 Å². The lowest BCUT2D eigenvalue weighted by Gasteiger charge is -2.46. The lowest BCUT2D eigenvalue weighted by molar-refractivity contribution is -0.137. The maximum atomic E-state index is 12.8. The highest BCUT2D eigenvalue weighted by atomic mass is 19.4. The van der Waals surface area contributed by atoms with Gasteiger partial charge >= 0.3 is 12.2 Å². The molecule has 0 radical (unpaired) electrons. The number of nitrogens with zero attached hydrogens (tertiary/aromatic N) is 1. The Balaban J connectivity index is 1.15. The molecule has 5 N–H and O–H groups in total. The summed E-state index contributed by atoms with van der Waals surface area (Å²) < 4.78 is 38.5. The lowest BCUT2D eigenvalue weighted by Crippen LogP contribution is -2.63. The van der Waals surface area contributed by atoms with E-state index in [0.29, 0.717) is 17.6 Å². The van der Waals surface area contributed by atoms with Crippen molar-refractivity contribution in [2.75, 3.05) is 25.0 Å². The number of halogens is 3. The van der Waals surface area contributed by atoms with Crippen LogP contribution in [0.25, 0.3) is 0 Å². The number of carbonyl (C=O) groups excluding carboxylic acids is 3. The summed E-state index contributed by atoms with van der Waals surface area (Å²) in [5.41, 5.74) is 6.00. The smallest absolute Gasteiger partial charge is 0.351 e.